The Hall–Kier alpha value is -2.34. The molecule has 0 N–H and O–H groups in total. The fourth-order valence-electron chi connectivity index (χ4n) is 1.89. The summed E-state index contributed by atoms with van der Waals surface area (Å²) in [6.45, 7) is 0.328. The number of aromatic nitrogens is 2. The highest BCUT2D eigenvalue weighted by Crippen LogP contribution is 2.16. The first-order chi connectivity index (χ1) is 10.1. The Morgan fingerprint density at radius 3 is 2.57 bits per heavy atom. The van der Waals surface area contributed by atoms with Crippen molar-refractivity contribution in [1.82, 2.24) is 9.55 Å². The molecule has 0 radical (unpaired) electrons. The van der Waals surface area contributed by atoms with Crippen LogP contribution in [0.4, 0.5) is 0 Å². The molecule has 110 valence electrons. The summed E-state index contributed by atoms with van der Waals surface area (Å²) < 4.78 is 10.8. The summed E-state index contributed by atoms with van der Waals surface area (Å²) in [4.78, 5) is 27.5. The maximum Gasteiger partial charge on any atom is 0.359 e. The highest BCUT2D eigenvalue weighted by Gasteiger charge is 2.25. The van der Waals surface area contributed by atoms with Crippen molar-refractivity contribution in [3.05, 3.63) is 52.6 Å². The number of halogens is 1. The second-order valence-corrected chi connectivity index (χ2v) is 4.62. The molecule has 0 atom stereocenters. The molecule has 0 aliphatic heterocycles. The number of rotatable bonds is 4. The van der Waals surface area contributed by atoms with Gasteiger partial charge in [0.15, 0.2) is 11.4 Å². The maximum absolute atomic E-state index is 11.9. The molecule has 0 saturated carbocycles. The fourth-order valence-corrected chi connectivity index (χ4v) is 2.10. The van der Waals surface area contributed by atoms with Crippen molar-refractivity contribution in [2.45, 2.75) is 6.54 Å². The first-order valence-corrected chi connectivity index (χ1v) is 6.40. The van der Waals surface area contributed by atoms with Crippen molar-refractivity contribution in [3.63, 3.8) is 0 Å². The van der Waals surface area contributed by atoms with Gasteiger partial charge in [0.2, 0.25) is 0 Å². The lowest BCUT2D eigenvalue weighted by Gasteiger charge is -2.08. The Kier molecular flexibility index (Phi) is 4.59. The van der Waals surface area contributed by atoms with Gasteiger partial charge in [0.05, 0.1) is 20.5 Å². The molecule has 0 saturated heterocycles. The summed E-state index contributed by atoms with van der Waals surface area (Å²) in [5.74, 6) is -1.35. The molecule has 1 aromatic carbocycles. The molecular formula is C14H13ClN2O4. The zero-order chi connectivity index (χ0) is 15.4. The van der Waals surface area contributed by atoms with Crippen LogP contribution in [0, 0.1) is 0 Å². The Morgan fingerprint density at radius 1 is 1.24 bits per heavy atom. The normalized spacial score (nSPS) is 10.2. The maximum atomic E-state index is 11.9. The van der Waals surface area contributed by atoms with Crippen LogP contribution in [-0.4, -0.2) is 35.7 Å². The first-order valence-electron chi connectivity index (χ1n) is 6.03. The number of ether oxygens (including phenoxy) is 2. The smallest absolute Gasteiger partial charge is 0.359 e. The second-order valence-electron chi connectivity index (χ2n) is 4.18. The molecule has 2 rings (SSSR count). The van der Waals surface area contributed by atoms with Crippen molar-refractivity contribution in [2.75, 3.05) is 14.2 Å². The van der Waals surface area contributed by atoms with Crippen LogP contribution < -0.4 is 0 Å². The Bertz CT molecular complexity index is 681. The summed E-state index contributed by atoms with van der Waals surface area (Å²) >= 11 is 5.93. The van der Waals surface area contributed by atoms with Crippen LogP contribution in [0.1, 0.15) is 26.5 Å². The average Bonchev–Trinajstić information content (AvgIpc) is 2.89. The van der Waals surface area contributed by atoms with E-state index in [0.29, 0.717) is 11.6 Å². The van der Waals surface area contributed by atoms with E-state index >= 15 is 0 Å². The molecule has 0 unspecified atom stereocenters. The van der Waals surface area contributed by atoms with E-state index < -0.39 is 11.9 Å². The zero-order valence-electron chi connectivity index (χ0n) is 11.5. The van der Waals surface area contributed by atoms with Crippen LogP contribution >= 0.6 is 11.6 Å². The minimum atomic E-state index is -0.694. The van der Waals surface area contributed by atoms with Gasteiger partial charge in [-0.2, -0.15) is 0 Å². The minimum Gasteiger partial charge on any atom is -0.464 e. The van der Waals surface area contributed by atoms with E-state index in [4.69, 9.17) is 16.3 Å². The summed E-state index contributed by atoms with van der Waals surface area (Å²) in [7, 11) is 2.46. The zero-order valence-corrected chi connectivity index (χ0v) is 12.3. The third-order valence-electron chi connectivity index (χ3n) is 2.84. The SMILES string of the molecule is COC(=O)c1ncn(Cc2cccc(Cl)c2)c1C(=O)OC. The topological polar surface area (TPSA) is 70.4 Å². The second kappa shape index (κ2) is 6.41. The van der Waals surface area contributed by atoms with Crippen molar-refractivity contribution in [3.8, 4) is 0 Å². The standard InChI is InChI=1S/C14H13ClN2O4/c1-20-13(18)11-12(14(19)21-2)17(8-16-11)7-9-4-3-5-10(15)6-9/h3-6,8H,7H2,1-2H3. The van der Waals surface area contributed by atoms with E-state index in [9.17, 15) is 9.59 Å². The molecule has 0 spiro atoms. The van der Waals surface area contributed by atoms with E-state index in [0.717, 1.165) is 5.56 Å². The van der Waals surface area contributed by atoms with Crippen LogP contribution in [-0.2, 0) is 16.0 Å². The predicted molar refractivity (Wildman–Crippen MR) is 75.5 cm³/mol. The van der Waals surface area contributed by atoms with E-state index in [1.54, 1.807) is 18.2 Å². The number of esters is 2. The number of nitrogens with zero attached hydrogens (tertiary/aromatic N) is 2. The monoisotopic (exact) mass is 308 g/mol. The molecule has 7 heteroatoms. The van der Waals surface area contributed by atoms with Gasteiger partial charge in [-0.25, -0.2) is 14.6 Å². The van der Waals surface area contributed by atoms with E-state index in [-0.39, 0.29) is 11.4 Å². The van der Waals surface area contributed by atoms with Gasteiger partial charge >= 0.3 is 11.9 Å². The van der Waals surface area contributed by atoms with Gasteiger partial charge in [-0.3, -0.25) is 0 Å². The van der Waals surface area contributed by atoms with Crippen molar-refractivity contribution >= 4 is 23.5 Å². The largest absolute Gasteiger partial charge is 0.464 e. The van der Waals surface area contributed by atoms with Gasteiger partial charge in [0.25, 0.3) is 0 Å². The van der Waals surface area contributed by atoms with Gasteiger partial charge in [-0.1, -0.05) is 23.7 Å². The van der Waals surface area contributed by atoms with Crippen LogP contribution in [0.2, 0.25) is 5.02 Å². The van der Waals surface area contributed by atoms with Gasteiger partial charge in [0, 0.05) is 11.6 Å². The average molecular weight is 309 g/mol. The lowest BCUT2D eigenvalue weighted by Crippen LogP contribution is -2.16. The van der Waals surface area contributed by atoms with E-state index in [1.165, 1.54) is 25.1 Å². The Labute approximate surface area is 126 Å². The molecule has 1 aromatic heterocycles. The Balaban J connectivity index is 2.41. The summed E-state index contributed by atoms with van der Waals surface area (Å²) in [6, 6.07) is 7.17. The van der Waals surface area contributed by atoms with E-state index in [1.807, 2.05) is 6.07 Å². The quantitative estimate of drug-likeness (QED) is 0.809. The summed E-state index contributed by atoms with van der Waals surface area (Å²) in [5, 5.41) is 0.584. The van der Waals surface area contributed by atoms with Crippen LogP contribution in [0.25, 0.3) is 0 Å². The highest BCUT2D eigenvalue weighted by atomic mass is 35.5. The number of methoxy groups -OCH3 is 2. The number of carbonyl (C=O) groups is 2. The number of imidazole rings is 1. The highest BCUT2D eigenvalue weighted by molar-refractivity contribution is 6.30. The lowest BCUT2D eigenvalue weighted by molar-refractivity contribution is 0.0544. The predicted octanol–water partition coefficient (Wildman–Crippen LogP) is 2.16. The first kappa shape index (κ1) is 15.1. The lowest BCUT2D eigenvalue weighted by atomic mass is 10.2. The molecule has 0 aliphatic rings. The molecule has 0 amide bonds. The molecular weight excluding hydrogens is 296 g/mol. The summed E-state index contributed by atoms with van der Waals surface area (Å²) in [5.41, 5.74) is 0.831. The molecule has 0 bridgehead atoms. The van der Waals surface area contributed by atoms with Gasteiger partial charge < -0.3 is 14.0 Å². The summed E-state index contributed by atoms with van der Waals surface area (Å²) in [6.07, 6.45) is 1.39. The molecule has 21 heavy (non-hydrogen) atoms. The van der Waals surface area contributed by atoms with Crippen molar-refractivity contribution < 1.29 is 19.1 Å². The van der Waals surface area contributed by atoms with Gasteiger partial charge in [0.1, 0.15) is 0 Å². The number of hydrogen-bond donors (Lipinski definition) is 0. The molecule has 0 aliphatic carbocycles. The van der Waals surface area contributed by atoms with Gasteiger partial charge in [-0.05, 0) is 17.7 Å². The van der Waals surface area contributed by atoms with Crippen LogP contribution in [0.15, 0.2) is 30.6 Å². The fraction of sp³-hybridized carbons (Fsp3) is 0.214. The van der Waals surface area contributed by atoms with Crippen LogP contribution in [0.5, 0.6) is 0 Å². The van der Waals surface area contributed by atoms with Crippen molar-refractivity contribution in [2.24, 2.45) is 0 Å². The number of benzene rings is 1. The molecule has 1 heterocycles. The third kappa shape index (κ3) is 3.22. The number of hydrogen-bond acceptors (Lipinski definition) is 5. The molecule has 0 fully saturated rings. The molecule has 6 nitrogen and oxygen atoms in total. The van der Waals surface area contributed by atoms with Crippen LogP contribution in [0.3, 0.4) is 0 Å². The van der Waals surface area contributed by atoms with Gasteiger partial charge in [-0.15, -0.1) is 0 Å². The molecule has 2 aromatic rings. The Morgan fingerprint density at radius 2 is 1.95 bits per heavy atom. The van der Waals surface area contributed by atoms with E-state index in [2.05, 4.69) is 9.72 Å². The minimum absolute atomic E-state index is 0.0457. The van der Waals surface area contributed by atoms with Crippen molar-refractivity contribution in [1.29, 1.82) is 0 Å². The number of carbonyl (C=O) groups excluding carboxylic acids is 2. The third-order valence-corrected chi connectivity index (χ3v) is 3.07.